The third-order valence-corrected chi connectivity index (χ3v) is 6.65. The van der Waals surface area contributed by atoms with Gasteiger partial charge in [0.25, 0.3) is 5.91 Å². The molecule has 4 rings (SSSR count). The molecule has 1 atom stereocenters. The number of aromatic nitrogens is 1. The summed E-state index contributed by atoms with van der Waals surface area (Å²) in [4.78, 5) is 30.3. The largest absolute Gasteiger partial charge is 0.444 e. The van der Waals surface area contributed by atoms with Gasteiger partial charge < -0.3 is 24.7 Å². The zero-order valence-electron chi connectivity index (χ0n) is 21.1. The van der Waals surface area contributed by atoms with Crippen molar-refractivity contribution in [2.45, 2.75) is 45.3 Å². The van der Waals surface area contributed by atoms with Gasteiger partial charge in [0.15, 0.2) is 0 Å². The number of fused-ring (bicyclic) bond motifs is 1. The van der Waals surface area contributed by atoms with E-state index in [4.69, 9.17) is 21.1 Å². The SMILES string of the molecule is CC(C)(C)OC(=O)N1CCC(COCC(NC(=O)c2ccc3cc[nH]c3c2)c2ccccc2Cl)CC1. The van der Waals surface area contributed by atoms with Gasteiger partial charge in [0.2, 0.25) is 0 Å². The van der Waals surface area contributed by atoms with Gasteiger partial charge in [-0.1, -0.05) is 35.9 Å². The van der Waals surface area contributed by atoms with E-state index in [1.807, 2.05) is 75.5 Å². The molecule has 192 valence electrons. The van der Waals surface area contributed by atoms with Crippen LogP contribution in [0, 0.1) is 5.92 Å². The standard InChI is InChI=1S/C28H34ClN3O4/c1-28(2,3)36-27(34)32-14-11-19(12-15-32)17-35-18-25(22-6-4-5-7-23(22)29)31-26(33)21-9-8-20-10-13-30-24(20)16-21/h4-10,13,16,19,25,30H,11-12,14-15,17-18H2,1-3H3,(H,31,33). The Balaban J connectivity index is 1.34. The highest BCUT2D eigenvalue weighted by molar-refractivity contribution is 6.31. The highest BCUT2D eigenvalue weighted by atomic mass is 35.5. The lowest BCUT2D eigenvalue weighted by molar-refractivity contribution is 0.0105. The van der Waals surface area contributed by atoms with Crippen LogP contribution in [0.4, 0.5) is 4.79 Å². The van der Waals surface area contributed by atoms with Crippen molar-refractivity contribution in [3.8, 4) is 0 Å². The van der Waals surface area contributed by atoms with E-state index < -0.39 is 11.6 Å². The van der Waals surface area contributed by atoms with E-state index in [1.165, 1.54) is 0 Å². The smallest absolute Gasteiger partial charge is 0.410 e. The average molecular weight is 512 g/mol. The molecule has 8 heteroatoms. The number of hydrogen-bond donors (Lipinski definition) is 2. The van der Waals surface area contributed by atoms with Crippen LogP contribution < -0.4 is 5.32 Å². The molecule has 0 radical (unpaired) electrons. The number of benzene rings is 2. The summed E-state index contributed by atoms with van der Waals surface area (Å²) in [6, 6.07) is 14.6. The number of amides is 2. The molecule has 2 N–H and O–H groups in total. The van der Waals surface area contributed by atoms with Crippen LogP contribution in [0.3, 0.4) is 0 Å². The van der Waals surface area contributed by atoms with Crippen LogP contribution in [-0.4, -0.2) is 53.8 Å². The van der Waals surface area contributed by atoms with E-state index in [0.29, 0.717) is 42.8 Å². The van der Waals surface area contributed by atoms with Crippen LogP contribution in [0.5, 0.6) is 0 Å². The van der Waals surface area contributed by atoms with Crippen LogP contribution >= 0.6 is 11.6 Å². The molecule has 1 aromatic heterocycles. The molecule has 0 spiro atoms. The molecule has 3 aromatic rings. The van der Waals surface area contributed by atoms with Gasteiger partial charge in [-0.05, 0) is 74.7 Å². The first kappa shape index (κ1) is 26.0. The number of halogens is 1. The Morgan fingerprint density at radius 1 is 1.14 bits per heavy atom. The maximum Gasteiger partial charge on any atom is 0.410 e. The van der Waals surface area contributed by atoms with E-state index in [0.717, 1.165) is 29.3 Å². The van der Waals surface area contributed by atoms with Crippen LogP contribution in [0.25, 0.3) is 10.9 Å². The molecular formula is C28H34ClN3O4. The number of ether oxygens (including phenoxy) is 2. The molecule has 0 aliphatic carbocycles. The van der Waals surface area contributed by atoms with Gasteiger partial charge in [-0.15, -0.1) is 0 Å². The number of piperidine rings is 1. The Kier molecular flexibility index (Phi) is 8.21. The molecule has 0 bridgehead atoms. The van der Waals surface area contributed by atoms with Crippen molar-refractivity contribution in [1.82, 2.24) is 15.2 Å². The summed E-state index contributed by atoms with van der Waals surface area (Å²) >= 11 is 6.47. The number of H-pyrrole nitrogens is 1. The molecule has 2 amide bonds. The Hall–Kier alpha value is -3.03. The van der Waals surface area contributed by atoms with Gasteiger partial charge in [0.1, 0.15) is 5.60 Å². The van der Waals surface area contributed by atoms with Crippen molar-refractivity contribution in [2.24, 2.45) is 5.92 Å². The molecule has 36 heavy (non-hydrogen) atoms. The van der Waals surface area contributed by atoms with Gasteiger partial charge in [0.05, 0.1) is 12.6 Å². The number of likely N-dealkylation sites (tertiary alicyclic amines) is 1. The molecule has 1 aliphatic heterocycles. The van der Waals surface area contributed by atoms with E-state index in [-0.39, 0.29) is 12.0 Å². The van der Waals surface area contributed by atoms with Gasteiger partial charge in [-0.2, -0.15) is 0 Å². The first-order valence-corrected chi connectivity index (χ1v) is 12.8. The number of rotatable bonds is 7. The molecule has 1 unspecified atom stereocenters. The summed E-state index contributed by atoms with van der Waals surface area (Å²) in [7, 11) is 0. The maximum absolute atomic E-state index is 13.1. The number of carbonyl (C=O) groups is 2. The number of aromatic amines is 1. The van der Waals surface area contributed by atoms with Crippen molar-refractivity contribution in [2.75, 3.05) is 26.3 Å². The highest BCUT2D eigenvalue weighted by Gasteiger charge is 2.27. The van der Waals surface area contributed by atoms with Gasteiger partial charge >= 0.3 is 6.09 Å². The van der Waals surface area contributed by atoms with E-state index in [9.17, 15) is 9.59 Å². The molecule has 0 saturated carbocycles. The topological polar surface area (TPSA) is 83.7 Å². The number of carbonyl (C=O) groups excluding carboxylic acids is 2. The minimum Gasteiger partial charge on any atom is -0.444 e. The second-order valence-electron chi connectivity index (χ2n) is 10.3. The summed E-state index contributed by atoms with van der Waals surface area (Å²) in [6.45, 7) is 7.76. The minimum atomic E-state index is -0.498. The fraction of sp³-hybridized carbons (Fsp3) is 0.429. The Morgan fingerprint density at radius 2 is 1.89 bits per heavy atom. The lowest BCUT2D eigenvalue weighted by Crippen LogP contribution is -2.42. The molecular weight excluding hydrogens is 478 g/mol. The van der Waals surface area contributed by atoms with Crippen LogP contribution in [0.15, 0.2) is 54.7 Å². The first-order chi connectivity index (χ1) is 17.2. The highest BCUT2D eigenvalue weighted by Crippen LogP contribution is 2.25. The molecule has 2 aromatic carbocycles. The van der Waals surface area contributed by atoms with Gasteiger partial charge in [0, 0.05) is 42.0 Å². The normalized spacial score (nSPS) is 15.6. The monoisotopic (exact) mass is 511 g/mol. The summed E-state index contributed by atoms with van der Waals surface area (Å²) in [5, 5.41) is 4.73. The summed E-state index contributed by atoms with van der Waals surface area (Å²) in [6.07, 6.45) is 3.28. The van der Waals surface area contributed by atoms with Crippen molar-refractivity contribution in [3.63, 3.8) is 0 Å². The molecule has 1 aliphatic rings. The van der Waals surface area contributed by atoms with Crippen molar-refractivity contribution >= 4 is 34.5 Å². The fourth-order valence-electron chi connectivity index (χ4n) is 4.36. The third-order valence-electron chi connectivity index (χ3n) is 6.31. The predicted octanol–water partition coefficient (Wildman–Crippen LogP) is 5.96. The van der Waals surface area contributed by atoms with Crippen molar-refractivity contribution in [1.29, 1.82) is 0 Å². The van der Waals surface area contributed by atoms with Crippen LogP contribution in [0.1, 0.15) is 55.6 Å². The second-order valence-corrected chi connectivity index (χ2v) is 10.7. The quantitative estimate of drug-likeness (QED) is 0.410. The van der Waals surface area contributed by atoms with Gasteiger partial charge in [-0.3, -0.25) is 4.79 Å². The summed E-state index contributed by atoms with van der Waals surface area (Å²) < 4.78 is 11.6. The summed E-state index contributed by atoms with van der Waals surface area (Å²) in [5.74, 6) is 0.146. The second kappa shape index (κ2) is 11.4. The molecule has 7 nitrogen and oxygen atoms in total. The predicted molar refractivity (Wildman–Crippen MR) is 141 cm³/mol. The van der Waals surface area contributed by atoms with Crippen LogP contribution in [0.2, 0.25) is 5.02 Å². The average Bonchev–Trinajstić information content (AvgIpc) is 3.31. The van der Waals surface area contributed by atoms with Crippen molar-refractivity contribution in [3.05, 3.63) is 70.9 Å². The first-order valence-electron chi connectivity index (χ1n) is 12.4. The Labute approximate surface area is 217 Å². The minimum absolute atomic E-state index is 0.189. The zero-order chi connectivity index (χ0) is 25.7. The number of nitrogens with one attached hydrogen (secondary N) is 2. The van der Waals surface area contributed by atoms with E-state index in [1.54, 1.807) is 4.90 Å². The molecule has 1 saturated heterocycles. The zero-order valence-corrected chi connectivity index (χ0v) is 21.8. The Bertz CT molecular complexity index is 1190. The number of hydrogen-bond acceptors (Lipinski definition) is 4. The van der Waals surface area contributed by atoms with Crippen LogP contribution in [-0.2, 0) is 9.47 Å². The number of nitrogens with zero attached hydrogens (tertiary/aromatic N) is 1. The van der Waals surface area contributed by atoms with Gasteiger partial charge in [-0.25, -0.2) is 4.79 Å². The summed E-state index contributed by atoms with van der Waals surface area (Å²) in [5.41, 5.74) is 1.79. The Morgan fingerprint density at radius 3 is 2.61 bits per heavy atom. The molecule has 2 heterocycles. The van der Waals surface area contributed by atoms with E-state index in [2.05, 4.69) is 10.3 Å². The fourth-order valence-corrected chi connectivity index (χ4v) is 4.63. The van der Waals surface area contributed by atoms with Crippen molar-refractivity contribution < 1.29 is 19.1 Å². The lowest BCUT2D eigenvalue weighted by Gasteiger charge is -2.33. The maximum atomic E-state index is 13.1. The third kappa shape index (κ3) is 6.80. The van der Waals surface area contributed by atoms with E-state index >= 15 is 0 Å². The lowest BCUT2D eigenvalue weighted by atomic mass is 9.98. The molecule has 1 fully saturated rings.